The number of nitrogens with zero attached hydrogens (tertiary/aromatic N) is 3. The third-order valence-electron chi connectivity index (χ3n) is 3.40. The van der Waals surface area contributed by atoms with Crippen molar-refractivity contribution in [1.29, 1.82) is 0 Å². The summed E-state index contributed by atoms with van der Waals surface area (Å²) < 4.78 is 0. The van der Waals surface area contributed by atoms with E-state index in [2.05, 4.69) is 22.2 Å². The van der Waals surface area contributed by atoms with Crippen molar-refractivity contribution in [2.75, 3.05) is 25.5 Å². The molecule has 0 fully saturated rings. The highest BCUT2D eigenvalue weighted by atomic mass is 16.2. The van der Waals surface area contributed by atoms with Gasteiger partial charge >= 0.3 is 0 Å². The van der Waals surface area contributed by atoms with Gasteiger partial charge in [-0.3, -0.25) is 14.8 Å². The van der Waals surface area contributed by atoms with Gasteiger partial charge in [0, 0.05) is 44.9 Å². The summed E-state index contributed by atoms with van der Waals surface area (Å²) in [4.78, 5) is 22.3. The van der Waals surface area contributed by atoms with E-state index in [1.165, 1.54) is 5.56 Å². The van der Waals surface area contributed by atoms with Crippen LogP contribution in [-0.4, -0.2) is 40.9 Å². The zero-order chi connectivity index (χ0) is 15.8. The fraction of sp³-hybridized carbons (Fsp3) is 0.353. The normalized spacial score (nSPS) is 10.3. The maximum Gasteiger partial charge on any atom is 0.255 e. The van der Waals surface area contributed by atoms with Crippen molar-refractivity contribution in [2.45, 2.75) is 19.8 Å². The van der Waals surface area contributed by atoms with E-state index in [0.29, 0.717) is 12.1 Å². The van der Waals surface area contributed by atoms with Gasteiger partial charge in [0.1, 0.15) is 0 Å². The number of hydrogen-bond acceptors (Lipinski definition) is 4. The summed E-state index contributed by atoms with van der Waals surface area (Å²) in [5.41, 5.74) is 2.67. The second-order valence-corrected chi connectivity index (χ2v) is 5.22. The molecule has 0 spiro atoms. The zero-order valence-electron chi connectivity index (χ0n) is 13.1. The second-order valence-electron chi connectivity index (χ2n) is 5.22. The van der Waals surface area contributed by atoms with Crippen LogP contribution in [0.25, 0.3) is 0 Å². The largest absolute Gasteiger partial charge is 0.384 e. The molecule has 0 bridgehead atoms. The van der Waals surface area contributed by atoms with Crippen LogP contribution in [0.2, 0.25) is 0 Å². The number of rotatable bonds is 7. The molecule has 5 heteroatoms. The van der Waals surface area contributed by atoms with E-state index in [9.17, 15) is 4.79 Å². The van der Waals surface area contributed by atoms with Crippen LogP contribution in [0.5, 0.6) is 0 Å². The molecule has 0 aliphatic heterocycles. The molecule has 0 saturated heterocycles. The van der Waals surface area contributed by atoms with Crippen LogP contribution in [0.4, 0.5) is 5.69 Å². The molecule has 0 radical (unpaired) electrons. The lowest BCUT2D eigenvalue weighted by Crippen LogP contribution is -2.29. The molecule has 0 unspecified atom stereocenters. The molecule has 22 heavy (non-hydrogen) atoms. The van der Waals surface area contributed by atoms with Gasteiger partial charge in [-0.2, -0.15) is 0 Å². The molecule has 2 rings (SSSR count). The Labute approximate surface area is 131 Å². The van der Waals surface area contributed by atoms with E-state index in [4.69, 9.17) is 0 Å². The van der Waals surface area contributed by atoms with Crippen molar-refractivity contribution in [3.8, 4) is 0 Å². The van der Waals surface area contributed by atoms with Gasteiger partial charge in [-0.1, -0.05) is 6.92 Å². The lowest BCUT2D eigenvalue weighted by atomic mass is 10.2. The molecule has 116 valence electrons. The molecule has 0 saturated carbocycles. The maximum absolute atomic E-state index is 12.4. The summed E-state index contributed by atoms with van der Waals surface area (Å²) in [7, 11) is 1.82. The molecular formula is C17H22N4O. The molecule has 0 aromatic carbocycles. The van der Waals surface area contributed by atoms with Crippen molar-refractivity contribution in [2.24, 2.45) is 0 Å². The number of aromatic nitrogens is 2. The van der Waals surface area contributed by atoms with Crippen molar-refractivity contribution in [1.82, 2.24) is 14.9 Å². The standard InChI is InChI=1S/C17H22N4O/c1-3-7-20-16-11-15(12-19-13-16)17(22)21(2)10-6-14-4-8-18-9-5-14/h4-5,8-9,11-13,20H,3,6-7,10H2,1-2H3. The highest BCUT2D eigenvalue weighted by molar-refractivity contribution is 5.94. The Morgan fingerprint density at radius 3 is 2.73 bits per heavy atom. The number of amides is 1. The first-order valence-electron chi connectivity index (χ1n) is 7.54. The smallest absolute Gasteiger partial charge is 0.255 e. The van der Waals surface area contributed by atoms with Gasteiger partial charge in [-0.25, -0.2) is 0 Å². The Morgan fingerprint density at radius 2 is 2.00 bits per heavy atom. The number of hydrogen-bond donors (Lipinski definition) is 1. The number of anilines is 1. The first kappa shape index (κ1) is 15.9. The van der Waals surface area contributed by atoms with Crippen molar-refractivity contribution >= 4 is 11.6 Å². The van der Waals surface area contributed by atoms with E-state index in [1.54, 1.807) is 29.7 Å². The number of carbonyl (C=O) groups excluding carboxylic acids is 1. The van der Waals surface area contributed by atoms with Crippen LogP contribution < -0.4 is 5.32 Å². The van der Waals surface area contributed by atoms with Gasteiger partial charge in [-0.15, -0.1) is 0 Å². The van der Waals surface area contributed by atoms with Crippen LogP contribution in [-0.2, 0) is 6.42 Å². The molecule has 0 atom stereocenters. The lowest BCUT2D eigenvalue weighted by molar-refractivity contribution is 0.0796. The highest BCUT2D eigenvalue weighted by Crippen LogP contribution is 2.11. The molecule has 5 nitrogen and oxygen atoms in total. The summed E-state index contributed by atoms with van der Waals surface area (Å²) in [5, 5.41) is 3.25. The van der Waals surface area contributed by atoms with Crippen LogP contribution >= 0.6 is 0 Å². The second kappa shape index (κ2) is 8.12. The summed E-state index contributed by atoms with van der Waals surface area (Å²) in [6.45, 7) is 3.63. The molecule has 2 aromatic heterocycles. The molecule has 0 aliphatic carbocycles. The van der Waals surface area contributed by atoms with Crippen LogP contribution in [0.1, 0.15) is 29.3 Å². The SMILES string of the molecule is CCCNc1cncc(C(=O)N(C)CCc2ccncc2)c1. The van der Waals surface area contributed by atoms with Crippen molar-refractivity contribution < 1.29 is 4.79 Å². The Bertz CT molecular complexity index is 601. The average Bonchev–Trinajstić information content (AvgIpc) is 2.58. The number of likely N-dealkylation sites (N-methyl/N-ethyl adjacent to an activating group) is 1. The van der Waals surface area contributed by atoms with E-state index in [-0.39, 0.29) is 5.91 Å². The zero-order valence-corrected chi connectivity index (χ0v) is 13.1. The number of pyridine rings is 2. The molecule has 2 aromatic rings. The summed E-state index contributed by atoms with van der Waals surface area (Å²) >= 11 is 0. The van der Waals surface area contributed by atoms with Gasteiger partial charge in [-0.05, 0) is 36.6 Å². The van der Waals surface area contributed by atoms with Gasteiger partial charge in [0.15, 0.2) is 0 Å². The maximum atomic E-state index is 12.4. The van der Waals surface area contributed by atoms with Crippen molar-refractivity contribution in [3.05, 3.63) is 54.1 Å². The van der Waals surface area contributed by atoms with Gasteiger partial charge in [0.05, 0.1) is 11.3 Å². The van der Waals surface area contributed by atoms with Crippen LogP contribution in [0.3, 0.4) is 0 Å². The molecule has 2 heterocycles. The van der Waals surface area contributed by atoms with E-state index >= 15 is 0 Å². The Morgan fingerprint density at radius 1 is 1.23 bits per heavy atom. The molecule has 1 N–H and O–H groups in total. The monoisotopic (exact) mass is 298 g/mol. The van der Waals surface area contributed by atoms with E-state index in [0.717, 1.165) is 25.1 Å². The van der Waals surface area contributed by atoms with Crippen LogP contribution in [0.15, 0.2) is 43.0 Å². The Kier molecular flexibility index (Phi) is 5.89. The average molecular weight is 298 g/mol. The van der Waals surface area contributed by atoms with Gasteiger partial charge < -0.3 is 10.2 Å². The van der Waals surface area contributed by atoms with Gasteiger partial charge in [0.25, 0.3) is 5.91 Å². The third-order valence-corrected chi connectivity index (χ3v) is 3.40. The summed E-state index contributed by atoms with van der Waals surface area (Å²) in [6.07, 6.45) is 8.73. The fourth-order valence-corrected chi connectivity index (χ4v) is 2.09. The lowest BCUT2D eigenvalue weighted by Gasteiger charge is -2.17. The van der Waals surface area contributed by atoms with E-state index < -0.39 is 0 Å². The van der Waals surface area contributed by atoms with E-state index in [1.807, 2.05) is 25.2 Å². The molecular weight excluding hydrogens is 276 g/mol. The predicted octanol–water partition coefficient (Wildman–Crippen LogP) is 2.61. The van der Waals surface area contributed by atoms with Crippen molar-refractivity contribution in [3.63, 3.8) is 0 Å². The Balaban J connectivity index is 1.95. The van der Waals surface area contributed by atoms with Gasteiger partial charge in [0.2, 0.25) is 0 Å². The molecule has 0 aliphatic rings. The quantitative estimate of drug-likeness (QED) is 0.853. The first-order valence-corrected chi connectivity index (χ1v) is 7.54. The topological polar surface area (TPSA) is 58.1 Å². The third kappa shape index (κ3) is 4.55. The highest BCUT2D eigenvalue weighted by Gasteiger charge is 2.12. The fourth-order valence-electron chi connectivity index (χ4n) is 2.09. The van der Waals surface area contributed by atoms with Crippen LogP contribution in [0, 0.1) is 0 Å². The Hall–Kier alpha value is -2.43. The number of carbonyl (C=O) groups is 1. The minimum Gasteiger partial charge on any atom is -0.384 e. The minimum absolute atomic E-state index is 0.0123. The minimum atomic E-state index is -0.0123. The predicted molar refractivity (Wildman–Crippen MR) is 87.9 cm³/mol. The first-order chi connectivity index (χ1) is 10.7. The summed E-state index contributed by atoms with van der Waals surface area (Å²) in [6, 6.07) is 5.79. The molecule has 1 amide bonds. The summed E-state index contributed by atoms with van der Waals surface area (Å²) in [5.74, 6) is -0.0123. The number of nitrogens with one attached hydrogen (secondary N) is 1.